The van der Waals surface area contributed by atoms with Crippen LogP contribution in [-0.4, -0.2) is 25.0 Å². The Balaban J connectivity index is 2.52. The lowest BCUT2D eigenvalue weighted by Crippen LogP contribution is -2.47. The molecule has 8 heteroatoms. The molecule has 110 valence electrons. The Bertz CT molecular complexity index is 548. The SMILES string of the molecule is O=C(c1ccc(F)c(F)c1F)C1(C(F)(F)F)CCNC1. The van der Waals surface area contributed by atoms with Gasteiger partial charge in [0.05, 0.1) is 5.56 Å². The van der Waals surface area contributed by atoms with Crippen LogP contribution in [0.1, 0.15) is 16.8 Å². The molecule has 0 aromatic heterocycles. The number of alkyl halides is 3. The third kappa shape index (κ3) is 2.07. The highest BCUT2D eigenvalue weighted by molar-refractivity contribution is 6.01. The standard InChI is InChI=1S/C12H9F6NO/c13-7-2-1-6(8(14)9(7)15)10(20)11(12(16,17)18)3-4-19-5-11/h1-2,19H,3-5H2. The van der Waals surface area contributed by atoms with E-state index in [0.29, 0.717) is 12.1 Å². The number of rotatable bonds is 2. The summed E-state index contributed by atoms with van der Waals surface area (Å²) >= 11 is 0. The molecule has 0 saturated carbocycles. The van der Waals surface area contributed by atoms with Crippen LogP contribution in [0.15, 0.2) is 12.1 Å². The van der Waals surface area contributed by atoms with E-state index >= 15 is 0 Å². The van der Waals surface area contributed by atoms with Crippen molar-refractivity contribution in [3.8, 4) is 0 Å². The molecule has 1 fully saturated rings. The van der Waals surface area contributed by atoms with Gasteiger partial charge in [-0.2, -0.15) is 13.2 Å². The van der Waals surface area contributed by atoms with Crippen LogP contribution in [0.2, 0.25) is 0 Å². The van der Waals surface area contributed by atoms with Crippen LogP contribution in [-0.2, 0) is 0 Å². The van der Waals surface area contributed by atoms with E-state index in [4.69, 9.17) is 0 Å². The average molecular weight is 297 g/mol. The van der Waals surface area contributed by atoms with E-state index < -0.39 is 53.4 Å². The first-order valence-electron chi connectivity index (χ1n) is 5.66. The minimum Gasteiger partial charge on any atom is -0.315 e. The molecule has 1 N–H and O–H groups in total. The Morgan fingerprint density at radius 1 is 1.15 bits per heavy atom. The largest absolute Gasteiger partial charge is 0.402 e. The average Bonchev–Trinajstić information content (AvgIpc) is 2.85. The van der Waals surface area contributed by atoms with E-state index in [2.05, 4.69) is 5.32 Å². The molecule has 0 bridgehead atoms. The van der Waals surface area contributed by atoms with Gasteiger partial charge >= 0.3 is 6.18 Å². The Morgan fingerprint density at radius 3 is 2.30 bits per heavy atom. The number of benzene rings is 1. The zero-order valence-electron chi connectivity index (χ0n) is 9.95. The van der Waals surface area contributed by atoms with Crippen LogP contribution in [0, 0.1) is 22.9 Å². The summed E-state index contributed by atoms with van der Waals surface area (Å²) in [5.41, 5.74) is -3.90. The van der Waals surface area contributed by atoms with E-state index in [0.717, 1.165) is 0 Å². The summed E-state index contributed by atoms with van der Waals surface area (Å²) in [5, 5.41) is 2.38. The van der Waals surface area contributed by atoms with Crippen LogP contribution in [0.25, 0.3) is 0 Å². The number of hydrogen-bond donors (Lipinski definition) is 1. The van der Waals surface area contributed by atoms with Gasteiger partial charge in [-0.15, -0.1) is 0 Å². The summed E-state index contributed by atoms with van der Waals surface area (Å²) in [6.45, 7) is -0.787. The van der Waals surface area contributed by atoms with Crippen LogP contribution >= 0.6 is 0 Å². The second-order valence-electron chi connectivity index (χ2n) is 4.56. The summed E-state index contributed by atoms with van der Waals surface area (Å²) in [4.78, 5) is 12.0. The maximum Gasteiger partial charge on any atom is 0.402 e. The molecule has 1 saturated heterocycles. The zero-order chi connectivity index (χ0) is 15.1. The predicted octanol–water partition coefficient (Wildman–Crippen LogP) is 2.83. The summed E-state index contributed by atoms with van der Waals surface area (Å²) < 4.78 is 78.7. The van der Waals surface area contributed by atoms with Gasteiger partial charge in [0.1, 0.15) is 5.41 Å². The first-order valence-corrected chi connectivity index (χ1v) is 5.66. The van der Waals surface area contributed by atoms with Crippen molar-refractivity contribution in [2.75, 3.05) is 13.1 Å². The molecule has 1 unspecified atom stereocenters. The minimum atomic E-state index is -4.91. The number of hydrogen-bond acceptors (Lipinski definition) is 2. The zero-order valence-corrected chi connectivity index (χ0v) is 9.95. The molecule has 1 aromatic carbocycles. The van der Waals surface area contributed by atoms with Gasteiger partial charge in [0.15, 0.2) is 23.2 Å². The van der Waals surface area contributed by atoms with E-state index in [9.17, 15) is 31.1 Å². The summed E-state index contributed by atoms with van der Waals surface area (Å²) in [6.07, 6.45) is -5.49. The van der Waals surface area contributed by atoms with Crippen molar-refractivity contribution >= 4 is 5.78 Å². The maximum atomic E-state index is 13.5. The quantitative estimate of drug-likeness (QED) is 0.517. The highest BCUT2D eigenvalue weighted by Gasteiger charge is 2.61. The number of carbonyl (C=O) groups is 1. The molecule has 0 radical (unpaired) electrons. The van der Waals surface area contributed by atoms with Crippen molar-refractivity contribution in [1.29, 1.82) is 0 Å². The molecule has 0 aliphatic carbocycles. The van der Waals surface area contributed by atoms with Crippen molar-refractivity contribution in [1.82, 2.24) is 5.32 Å². The molecule has 1 heterocycles. The van der Waals surface area contributed by atoms with Crippen LogP contribution in [0.5, 0.6) is 0 Å². The Labute approximate surface area is 109 Å². The molecule has 2 rings (SSSR count). The third-order valence-corrected chi connectivity index (χ3v) is 3.41. The van der Waals surface area contributed by atoms with Crippen LogP contribution in [0.3, 0.4) is 0 Å². The van der Waals surface area contributed by atoms with E-state index in [1.165, 1.54) is 0 Å². The van der Waals surface area contributed by atoms with Crippen molar-refractivity contribution in [3.63, 3.8) is 0 Å². The molecule has 2 nitrogen and oxygen atoms in total. The van der Waals surface area contributed by atoms with Crippen molar-refractivity contribution < 1.29 is 31.1 Å². The fourth-order valence-corrected chi connectivity index (χ4v) is 2.22. The van der Waals surface area contributed by atoms with Crippen molar-refractivity contribution in [2.24, 2.45) is 5.41 Å². The number of carbonyl (C=O) groups excluding carboxylic acids is 1. The second-order valence-corrected chi connectivity index (χ2v) is 4.56. The molecule has 1 aliphatic rings. The molecule has 20 heavy (non-hydrogen) atoms. The smallest absolute Gasteiger partial charge is 0.315 e. The second kappa shape index (κ2) is 4.76. The van der Waals surface area contributed by atoms with E-state index in [1.54, 1.807) is 0 Å². The molecule has 0 amide bonds. The number of halogens is 6. The van der Waals surface area contributed by atoms with Gasteiger partial charge in [-0.05, 0) is 25.1 Å². The van der Waals surface area contributed by atoms with Gasteiger partial charge in [0, 0.05) is 6.54 Å². The lowest BCUT2D eigenvalue weighted by Gasteiger charge is -2.29. The van der Waals surface area contributed by atoms with E-state index in [-0.39, 0.29) is 6.54 Å². The van der Waals surface area contributed by atoms with Gasteiger partial charge in [-0.25, -0.2) is 13.2 Å². The van der Waals surface area contributed by atoms with Gasteiger partial charge in [0.2, 0.25) is 0 Å². The highest BCUT2D eigenvalue weighted by Crippen LogP contribution is 2.45. The number of ketones is 1. The first kappa shape index (κ1) is 14.8. The third-order valence-electron chi connectivity index (χ3n) is 3.41. The fraction of sp³-hybridized carbons (Fsp3) is 0.417. The number of Topliss-reactive ketones (excluding diaryl/α,β-unsaturated/α-hetero) is 1. The fourth-order valence-electron chi connectivity index (χ4n) is 2.22. The van der Waals surface area contributed by atoms with Crippen LogP contribution in [0.4, 0.5) is 26.3 Å². The molecular formula is C12H9F6NO. The van der Waals surface area contributed by atoms with Gasteiger partial charge in [0.25, 0.3) is 0 Å². The summed E-state index contributed by atoms with van der Waals surface area (Å²) in [5.74, 6) is -7.01. The van der Waals surface area contributed by atoms with E-state index in [1.807, 2.05) is 0 Å². The Kier molecular flexibility index (Phi) is 3.53. The van der Waals surface area contributed by atoms with Gasteiger partial charge in [-0.1, -0.05) is 0 Å². The molecule has 1 atom stereocenters. The minimum absolute atomic E-state index is 0.0729. The monoisotopic (exact) mass is 297 g/mol. The topological polar surface area (TPSA) is 29.1 Å². The lowest BCUT2D eigenvalue weighted by molar-refractivity contribution is -0.197. The number of nitrogens with one attached hydrogen (secondary N) is 1. The van der Waals surface area contributed by atoms with Gasteiger partial charge < -0.3 is 5.32 Å². The Hall–Kier alpha value is -1.57. The highest BCUT2D eigenvalue weighted by atomic mass is 19.4. The van der Waals surface area contributed by atoms with Crippen molar-refractivity contribution in [2.45, 2.75) is 12.6 Å². The lowest BCUT2D eigenvalue weighted by atomic mass is 9.78. The van der Waals surface area contributed by atoms with Gasteiger partial charge in [-0.3, -0.25) is 4.79 Å². The maximum absolute atomic E-state index is 13.5. The summed E-state index contributed by atoms with van der Waals surface area (Å²) in [6, 6.07) is 0.958. The molecule has 1 aromatic rings. The molecular weight excluding hydrogens is 288 g/mol. The molecule has 0 spiro atoms. The molecule has 1 aliphatic heterocycles. The summed E-state index contributed by atoms with van der Waals surface area (Å²) in [7, 11) is 0. The predicted molar refractivity (Wildman–Crippen MR) is 56.6 cm³/mol. The Morgan fingerprint density at radius 2 is 1.80 bits per heavy atom. The normalized spacial score (nSPS) is 23.1. The first-order chi connectivity index (χ1) is 9.21. The van der Waals surface area contributed by atoms with Crippen LogP contribution < -0.4 is 5.32 Å². The van der Waals surface area contributed by atoms with Crippen molar-refractivity contribution in [3.05, 3.63) is 35.1 Å².